The van der Waals surface area contributed by atoms with Crippen LogP contribution in [-0.2, 0) is 10.0 Å². The monoisotopic (exact) mass is 414 g/mol. The Morgan fingerprint density at radius 1 is 0.929 bits per heavy atom. The Morgan fingerprint density at radius 3 is 2.29 bits per heavy atom. The van der Waals surface area contributed by atoms with Crippen molar-refractivity contribution >= 4 is 38.9 Å². The van der Waals surface area contributed by atoms with Crippen LogP contribution in [0.1, 0.15) is 21.5 Å². The molecule has 7 heteroatoms. The van der Waals surface area contributed by atoms with Crippen LogP contribution in [0, 0.1) is 13.8 Å². The molecule has 28 heavy (non-hydrogen) atoms. The van der Waals surface area contributed by atoms with Gasteiger partial charge >= 0.3 is 0 Å². The fraction of sp³-hybridized carbons (Fsp3) is 0.0952. The van der Waals surface area contributed by atoms with E-state index in [1.807, 2.05) is 19.1 Å². The lowest BCUT2D eigenvalue weighted by Crippen LogP contribution is -2.15. The summed E-state index contributed by atoms with van der Waals surface area (Å²) in [6, 6.07) is 18.2. The third-order valence-corrected chi connectivity index (χ3v) is 6.01. The fourth-order valence-corrected chi connectivity index (χ4v) is 3.93. The van der Waals surface area contributed by atoms with E-state index < -0.39 is 10.0 Å². The normalized spacial score (nSPS) is 11.1. The molecule has 3 aromatic carbocycles. The van der Waals surface area contributed by atoms with Gasteiger partial charge in [-0.2, -0.15) is 0 Å². The van der Waals surface area contributed by atoms with Crippen LogP contribution >= 0.6 is 11.6 Å². The average molecular weight is 415 g/mol. The molecular formula is C21H19ClN2O3S. The second-order valence-electron chi connectivity index (χ2n) is 6.37. The van der Waals surface area contributed by atoms with Crippen molar-refractivity contribution in [2.24, 2.45) is 0 Å². The Balaban J connectivity index is 1.76. The Kier molecular flexibility index (Phi) is 5.72. The van der Waals surface area contributed by atoms with E-state index in [0.717, 1.165) is 5.56 Å². The first-order valence-corrected chi connectivity index (χ1v) is 10.4. The summed E-state index contributed by atoms with van der Waals surface area (Å²) in [5.41, 5.74) is 3.09. The van der Waals surface area contributed by atoms with E-state index in [-0.39, 0.29) is 10.8 Å². The highest BCUT2D eigenvalue weighted by molar-refractivity contribution is 7.92. The smallest absolute Gasteiger partial charge is 0.261 e. The lowest BCUT2D eigenvalue weighted by molar-refractivity contribution is 0.102. The number of amides is 1. The van der Waals surface area contributed by atoms with Gasteiger partial charge in [0.05, 0.1) is 10.6 Å². The number of carbonyl (C=O) groups excluding carboxylic acids is 1. The van der Waals surface area contributed by atoms with Crippen LogP contribution in [0.25, 0.3) is 0 Å². The van der Waals surface area contributed by atoms with Gasteiger partial charge in [0.1, 0.15) is 0 Å². The van der Waals surface area contributed by atoms with Crippen molar-refractivity contribution in [2.75, 3.05) is 10.0 Å². The summed E-state index contributed by atoms with van der Waals surface area (Å²) in [6.45, 7) is 3.65. The Morgan fingerprint density at radius 2 is 1.61 bits per heavy atom. The molecule has 0 aromatic heterocycles. The minimum Gasteiger partial charge on any atom is -0.322 e. The molecule has 0 unspecified atom stereocenters. The number of rotatable bonds is 5. The molecule has 0 saturated carbocycles. The molecule has 0 spiro atoms. The molecule has 0 aliphatic carbocycles. The molecule has 0 bridgehead atoms. The Hall–Kier alpha value is -2.83. The van der Waals surface area contributed by atoms with Crippen molar-refractivity contribution in [2.45, 2.75) is 18.7 Å². The molecule has 144 valence electrons. The van der Waals surface area contributed by atoms with E-state index in [1.54, 1.807) is 49.4 Å². The molecule has 0 aliphatic heterocycles. The number of anilines is 2. The van der Waals surface area contributed by atoms with Crippen molar-refractivity contribution in [3.63, 3.8) is 0 Å². The maximum absolute atomic E-state index is 12.6. The first-order chi connectivity index (χ1) is 13.3. The number of benzene rings is 3. The Labute approximate surface area is 169 Å². The van der Waals surface area contributed by atoms with Gasteiger partial charge in [-0.15, -0.1) is 0 Å². The maximum atomic E-state index is 12.6. The standard InChI is InChI=1S/C21H19ClN2O3S/c1-14-5-3-6-16(13-14)21(25)23-17-9-11-18(12-10-17)28(26,27)24-20-8-4-7-19(22)15(20)2/h3-13,24H,1-2H3,(H,23,25). The molecule has 1 amide bonds. The van der Waals surface area contributed by atoms with E-state index >= 15 is 0 Å². The second kappa shape index (κ2) is 8.04. The summed E-state index contributed by atoms with van der Waals surface area (Å²) in [6.07, 6.45) is 0. The first-order valence-electron chi connectivity index (χ1n) is 8.52. The summed E-state index contributed by atoms with van der Waals surface area (Å²) in [4.78, 5) is 12.4. The topological polar surface area (TPSA) is 75.3 Å². The van der Waals surface area contributed by atoms with E-state index in [2.05, 4.69) is 10.0 Å². The zero-order valence-electron chi connectivity index (χ0n) is 15.4. The number of carbonyl (C=O) groups is 1. The molecule has 0 radical (unpaired) electrons. The average Bonchev–Trinajstić information content (AvgIpc) is 2.66. The van der Waals surface area contributed by atoms with Gasteiger partial charge < -0.3 is 5.32 Å². The summed E-state index contributed by atoms with van der Waals surface area (Å²) >= 11 is 6.04. The largest absolute Gasteiger partial charge is 0.322 e. The van der Waals surface area contributed by atoms with Gasteiger partial charge in [-0.3, -0.25) is 9.52 Å². The summed E-state index contributed by atoms with van der Waals surface area (Å²) in [7, 11) is -3.78. The van der Waals surface area contributed by atoms with Gasteiger partial charge in [-0.05, 0) is 67.9 Å². The summed E-state index contributed by atoms with van der Waals surface area (Å²) in [5.74, 6) is -0.257. The number of sulfonamides is 1. The number of hydrogen-bond acceptors (Lipinski definition) is 3. The summed E-state index contributed by atoms with van der Waals surface area (Å²) < 4.78 is 27.8. The predicted molar refractivity (Wildman–Crippen MR) is 113 cm³/mol. The highest BCUT2D eigenvalue weighted by Crippen LogP contribution is 2.26. The predicted octanol–water partition coefficient (Wildman–Crippen LogP) is 5.01. The lowest BCUT2D eigenvalue weighted by atomic mass is 10.1. The molecule has 3 aromatic rings. The zero-order chi connectivity index (χ0) is 20.3. The van der Waals surface area contributed by atoms with Crippen molar-refractivity contribution in [1.82, 2.24) is 0 Å². The van der Waals surface area contributed by atoms with Crippen LogP contribution in [-0.4, -0.2) is 14.3 Å². The van der Waals surface area contributed by atoms with Crippen molar-refractivity contribution in [1.29, 1.82) is 0 Å². The third-order valence-electron chi connectivity index (χ3n) is 4.21. The van der Waals surface area contributed by atoms with Crippen LogP contribution in [0.15, 0.2) is 71.6 Å². The SMILES string of the molecule is Cc1cccc(C(=O)Nc2ccc(S(=O)(=O)Nc3cccc(Cl)c3C)cc2)c1. The molecule has 5 nitrogen and oxygen atoms in total. The van der Waals surface area contributed by atoms with Gasteiger partial charge in [0.25, 0.3) is 15.9 Å². The molecule has 0 aliphatic rings. The van der Waals surface area contributed by atoms with E-state index in [4.69, 9.17) is 11.6 Å². The maximum Gasteiger partial charge on any atom is 0.261 e. The van der Waals surface area contributed by atoms with Gasteiger partial charge in [-0.25, -0.2) is 8.42 Å². The fourth-order valence-electron chi connectivity index (χ4n) is 2.63. The number of aryl methyl sites for hydroxylation is 1. The Bertz CT molecular complexity index is 1130. The van der Waals surface area contributed by atoms with Crippen LogP contribution in [0.3, 0.4) is 0 Å². The molecule has 0 fully saturated rings. The van der Waals surface area contributed by atoms with E-state index in [9.17, 15) is 13.2 Å². The number of halogens is 1. The van der Waals surface area contributed by atoms with E-state index in [0.29, 0.717) is 27.5 Å². The van der Waals surface area contributed by atoms with Crippen molar-refractivity contribution in [3.05, 3.63) is 88.4 Å². The molecule has 3 rings (SSSR count). The number of nitrogens with one attached hydrogen (secondary N) is 2. The van der Waals surface area contributed by atoms with Crippen LogP contribution in [0.4, 0.5) is 11.4 Å². The molecular weight excluding hydrogens is 396 g/mol. The quantitative estimate of drug-likeness (QED) is 0.616. The van der Waals surface area contributed by atoms with Crippen molar-refractivity contribution < 1.29 is 13.2 Å². The van der Waals surface area contributed by atoms with Crippen LogP contribution < -0.4 is 10.0 Å². The molecule has 2 N–H and O–H groups in total. The van der Waals surface area contributed by atoms with Crippen molar-refractivity contribution in [3.8, 4) is 0 Å². The zero-order valence-corrected chi connectivity index (χ0v) is 16.9. The van der Waals surface area contributed by atoms with Crippen LogP contribution in [0.5, 0.6) is 0 Å². The van der Waals surface area contributed by atoms with E-state index in [1.165, 1.54) is 12.1 Å². The minimum atomic E-state index is -3.78. The van der Waals surface area contributed by atoms with Gasteiger partial charge in [-0.1, -0.05) is 35.4 Å². The lowest BCUT2D eigenvalue weighted by Gasteiger charge is -2.12. The van der Waals surface area contributed by atoms with Gasteiger partial charge in [0.15, 0.2) is 0 Å². The summed E-state index contributed by atoms with van der Waals surface area (Å²) in [5, 5.41) is 3.24. The van der Waals surface area contributed by atoms with Crippen LogP contribution in [0.2, 0.25) is 5.02 Å². The van der Waals surface area contributed by atoms with Gasteiger partial charge in [0, 0.05) is 16.3 Å². The number of hydrogen-bond donors (Lipinski definition) is 2. The highest BCUT2D eigenvalue weighted by atomic mass is 35.5. The molecule has 0 heterocycles. The second-order valence-corrected chi connectivity index (χ2v) is 8.46. The highest BCUT2D eigenvalue weighted by Gasteiger charge is 2.16. The first kappa shape index (κ1) is 19.9. The van der Waals surface area contributed by atoms with Gasteiger partial charge in [0.2, 0.25) is 0 Å². The third kappa shape index (κ3) is 4.52. The minimum absolute atomic E-state index is 0.0837. The molecule has 0 atom stereocenters. The molecule has 0 saturated heterocycles.